The van der Waals surface area contributed by atoms with Gasteiger partial charge in [-0.25, -0.2) is 0 Å². The second-order valence-corrected chi connectivity index (χ2v) is 10.6. The Hall–Kier alpha value is -3.60. The molecule has 1 aliphatic rings. The average molecular weight is 607 g/mol. The zero-order valence-corrected chi connectivity index (χ0v) is 25.5. The summed E-state index contributed by atoms with van der Waals surface area (Å²) < 4.78 is 42.9. The van der Waals surface area contributed by atoms with E-state index in [1.54, 1.807) is 13.8 Å². The quantitative estimate of drug-likeness (QED) is 0.199. The molecule has 1 heterocycles. The normalized spacial score (nSPS) is 22.2. The van der Waals surface area contributed by atoms with Crippen LogP contribution in [0.2, 0.25) is 0 Å². The van der Waals surface area contributed by atoms with Gasteiger partial charge in [0.2, 0.25) is 0 Å². The average Bonchev–Trinajstić information content (AvgIpc) is 3.03. The molecule has 4 rings (SSSR count). The number of esters is 2. The maximum absolute atomic E-state index is 12.2. The van der Waals surface area contributed by atoms with Crippen LogP contribution in [-0.4, -0.2) is 62.0 Å². The van der Waals surface area contributed by atoms with E-state index in [1.807, 2.05) is 91.0 Å². The predicted molar refractivity (Wildman–Crippen MR) is 162 cm³/mol. The maximum Gasteiger partial charge on any atom is 0.308 e. The van der Waals surface area contributed by atoms with Crippen LogP contribution in [0.15, 0.2) is 91.0 Å². The summed E-state index contributed by atoms with van der Waals surface area (Å²) in [5.41, 5.74) is 2.88. The van der Waals surface area contributed by atoms with Crippen LogP contribution in [0, 0.1) is 0 Å². The summed E-state index contributed by atoms with van der Waals surface area (Å²) in [6.45, 7) is 5.85. The molecule has 236 valence electrons. The third-order valence-electron chi connectivity index (χ3n) is 7.02. The molecule has 44 heavy (non-hydrogen) atoms. The Bertz CT molecular complexity index is 1250. The van der Waals surface area contributed by atoms with Gasteiger partial charge in [0.15, 0.2) is 6.29 Å². The Morgan fingerprint density at radius 3 is 1.66 bits per heavy atom. The fourth-order valence-corrected chi connectivity index (χ4v) is 4.92. The Labute approximate surface area is 259 Å². The van der Waals surface area contributed by atoms with Gasteiger partial charge >= 0.3 is 11.9 Å². The zero-order valence-electron chi connectivity index (χ0n) is 25.5. The highest BCUT2D eigenvalue weighted by molar-refractivity contribution is 5.69. The third kappa shape index (κ3) is 10.5. The summed E-state index contributed by atoms with van der Waals surface area (Å²) >= 11 is 0. The molecule has 9 heteroatoms. The van der Waals surface area contributed by atoms with Crippen molar-refractivity contribution in [2.45, 2.75) is 83.8 Å². The van der Waals surface area contributed by atoms with Gasteiger partial charge in [-0.3, -0.25) is 9.59 Å². The topological polar surface area (TPSA) is 98.8 Å². The summed E-state index contributed by atoms with van der Waals surface area (Å²) in [7, 11) is 0. The van der Waals surface area contributed by atoms with Gasteiger partial charge in [0.25, 0.3) is 0 Å². The molecule has 0 radical (unpaired) electrons. The Balaban J connectivity index is 1.65. The number of benzene rings is 3. The van der Waals surface area contributed by atoms with Crippen molar-refractivity contribution in [3.05, 3.63) is 108 Å². The van der Waals surface area contributed by atoms with Crippen LogP contribution >= 0.6 is 0 Å². The maximum atomic E-state index is 12.2. The van der Waals surface area contributed by atoms with E-state index >= 15 is 0 Å². The van der Waals surface area contributed by atoms with Crippen LogP contribution in [0.5, 0.6) is 0 Å². The zero-order chi connectivity index (χ0) is 31.1. The van der Waals surface area contributed by atoms with E-state index in [2.05, 4.69) is 0 Å². The number of hydrogen-bond donors (Lipinski definition) is 0. The molecule has 0 spiro atoms. The molecule has 1 fully saturated rings. The molecule has 0 aliphatic carbocycles. The van der Waals surface area contributed by atoms with Gasteiger partial charge in [0, 0.05) is 6.92 Å². The van der Waals surface area contributed by atoms with Crippen molar-refractivity contribution in [1.29, 1.82) is 0 Å². The lowest BCUT2D eigenvalue weighted by atomic mass is 9.97. The molecule has 0 aromatic heterocycles. The minimum Gasteiger partial charge on any atom is -0.466 e. The van der Waals surface area contributed by atoms with Crippen molar-refractivity contribution in [1.82, 2.24) is 0 Å². The molecule has 1 saturated heterocycles. The number of rotatable bonds is 16. The van der Waals surface area contributed by atoms with E-state index in [-0.39, 0.29) is 45.4 Å². The number of hydrogen-bond acceptors (Lipinski definition) is 9. The minimum absolute atomic E-state index is 0.0250. The fourth-order valence-electron chi connectivity index (χ4n) is 4.92. The summed E-state index contributed by atoms with van der Waals surface area (Å²) in [5.74, 6) is -0.831. The minimum atomic E-state index is -0.971. The van der Waals surface area contributed by atoms with E-state index in [9.17, 15) is 9.59 Å². The van der Waals surface area contributed by atoms with Crippen molar-refractivity contribution < 1.29 is 42.7 Å². The highest BCUT2D eigenvalue weighted by atomic mass is 16.7. The fraction of sp³-hybridized carbons (Fsp3) is 0.429. The number of carbonyl (C=O) groups is 2. The standard InChI is InChI=1S/C35H42O9/c1-4-38-31(37)20-25(2)43-35-34(42-23-29-18-12-7-13-19-29)33(41-22-28-16-10-6-11-17-28)32(30(44-35)24-39-26(3)36)40-21-27-14-8-5-9-15-27/h5-19,25,30,32-35H,4,20-24H2,1-3H3/t25?,30?,32-,33-,34?,35+/m0/s1. The highest BCUT2D eigenvalue weighted by Crippen LogP contribution is 2.32. The smallest absolute Gasteiger partial charge is 0.308 e. The van der Waals surface area contributed by atoms with Gasteiger partial charge in [-0.1, -0.05) is 91.0 Å². The summed E-state index contributed by atoms with van der Waals surface area (Å²) in [4.78, 5) is 24.1. The molecule has 6 atom stereocenters. The summed E-state index contributed by atoms with van der Waals surface area (Å²) in [6.07, 6.45) is -4.42. The first-order valence-electron chi connectivity index (χ1n) is 15.0. The third-order valence-corrected chi connectivity index (χ3v) is 7.02. The van der Waals surface area contributed by atoms with Gasteiger partial charge < -0.3 is 33.2 Å². The molecule has 0 bridgehead atoms. The van der Waals surface area contributed by atoms with E-state index in [1.165, 1.54) is 6.92 Å². The molecular weight excluding hydrogens is 564 g/mol. The Morgan fingerprint density at radius 1 is 0.705 bits per heavy atom. The number of ether oxygens (including phenoxy) is 7. The second kappa shape index (κ2) is 17.6. The monoisotopic (exact) mass is 606 g/mol. The van der Waals surface area contributed by atoms with E-state index in [0.717, 1.165) is 16.7 Å². The summed E-state index contributed by atoms with van der Waals surface area (Å²) in [5, 5.41) is 0. The number of carbonyl (C=O) groups excluding carboxylic acids is 2. The van der Waals surface area contributed by atoms with Gasteiger partial charge in [-0.2, -0.15) is 0 Å². The van der Waals surface area contributed by atoms with Crippen molar-refractivity contribution in [3.63, 3.8) is 0 Å². The molecule has 0 N–H and O–H groups in total. The largest absolute Gasteiger partial charge is 0.466 e. The second-order valence-electron chi connectivity index (χ2n) is 10.6. The molecule has 3 unspecified atom stereocenters. The van der Waals surface area contributed by atoms with Gasteiger partial charge in [0.1, 0.15) is 31.0 Å². The first-order chi connectivity index (χ1) is 21.4. The lowest BCUT2D eigenvalue weighted by Gasteiger charge is -2.46. The summed E-state index contributed by atoms with van der Waals surface area (Å²) in [6, 6.07) is 29.3. The van der Waals surface area contributed by atoms with Crippen molar-refractivity contribution in [3.8, 4) is 0 Å². The van der Waals surface area contributed by atoms with Crippen LogP contribution < -0.4 is 0 Å². The van der Waals surface area contributed by atoms with E-state index < -0.39 is 42.8 Å². The van der Waals surface area contributed by atoms with Crippen LogP contribution in [0.3, 0.4) is 0 Å². The lowest BCUT2D eigenvalue weighted by molar-refractivity contribution is -0.334. The molecule has 9 nitrogen and oxygen atoms in total. The molecular formula is C35H42O9. The van der Waals surface area contributed by atoms with Crippen molar-refractivity contribution >= 4 is 11.9 Å². The van der Waals surface area contributed by atoms with Crippen LogP contribution in [-0.2, 0) is 62.6 Å². The molecule has 0 amide bonds. The van der Waals surface area contributed by atoms with Crippen LogP contribution in [0.25, 0.3) is 0 Å². The predicted octanol–water partition coefficient (Wildman–Crippen LogP) is 5.39. The molecule has 3 aromatic rings. The van der Waals surface area contributed by atoms with Crippen LogP contribution in [0.1, 0.15) is 43.9 Å². The van der Waals surface area contributed by atoms with E-state index in [0.29, 0.717) is 0 Å². The molecule has 3 aromatic carbocycles. The SMILES string of the molecule is CCOC(=O)CC(C)O[C@@H]1OC(COC(C)=O)[C@H](OCc2ccccc2)[C@H](OCc2ccccc2)C1OCc1ccccc1. The van der Waals surface area contributed by atoms with Crippen molar-refractivity contribution in [2.24, 2.45) is 0 Å². The lowest BCUT2D eigenvalue weighted by Crippen LogP contribution is -2.62. The highest BCUT2D eigenvalue weighted by Gasteiger charge is 2.50. The Kier molecular flexibility index (Phi) is 13.3. The molecule has 1 aliphatic heterocycles. The first-order valence-corrected chi connectivity index (χ1v) is 15.0. The Morgan fingerprint density at radius 2 is 1.18 bits per heavy atom. The first kappa shape index (κ1) is 33.3. The van der Waals surface area contributed by atoms with Gasteiger partial charge in [-0.15, -0.1) is 0 Å². The van der Waals surface area contributed by atoms with Gasteiger partial charge in [-0.05, 0) is 30.5 Å². The van der Waals surface area contributed by atoms with E-state index in [4.69, 9.17) is 33.2 Å². The molecule has 0 saturated carbocycles. The van der Waals surface area contributed by atoms with Crippen molar-refractivity contribution in [2.75, 3.05) is 13.2 Å². The van der Waals surface area contributed by atoms with Crippen LogP contribution in [0.4, 0.5) is 0 Å². The van der Waals surface area contributed by atoms with Gasteiger partial charge in [0.05, 0.1) is 39.0 Å².